The summed E-state index contributed by atoms with van der Waals surface area (Å²) in [6, 6.07) is 4.88. The average Bonchev–Trinajstić information content (AvgIpc) is 3.07. The molecule has 2 heterocycles. The van der Waals surface area contributed by atoms with E-state index in [0.717, 1.165) is 36.0 Å². The van der Waals surface area contributed by atoms with E-state index in [1.807, 2.05) is 11.9 Å². The highest BCUT2D eigenvalue weighted by Gasteiger charge is 2.23. The van der Waals surface area contributed by atoms with E-state index >= 15 is 0 Å². The zero-order chi connectivity index (χ0) is 14.1. The SMILES string of the molecule is CN(C(=O)Cc1c[nH]c2cc(F)ccc12)C1CCNC1. The average molecular weight is 275 g/mol. The molecule has 106 valence electrons. The minimum absolute atomic E-state index is 0.101. The van der Waals surface area contributed by atoms with E-state index < -0.39 is 0 Å². The number of nitrogens with zero attached hydrogens (tertiary/aromatic N) is 1. The molecule has 2 aromatic rings. The molecular weight excluding hydrogens is 257 g/mol. The Labute approximate surface area is 117 Å². The lowest BCUT2D eigenvalue weighted by Gasteiger charge is -2.23. The number of aromatic nitrogens is 1. The lowest BCUT2D eigenvalue weighted by Crippen LogP contribution is -2.39. The number of benzene rings is 1. The van der Waals surface area contributed by atoms with Gasteiger partial charge in [0.25, 0.3) is 0 Å². The van der Waals surface area contributed by atoms with Crippen LogP contribution < -0.4 is 5.32 Å². The molecule has 1 aromatic heterocycles. The van der Waals surface area contributed by atoms with Gasteiger partial charge in [-0.25, -0.2) is 4.39 Å². The van der Waals surface area contributed by atoms with Gasteiger partial charge in [0.15, 0.2) is 0 Å². The van der Waals surface area contributed by atoms with E-state index in [9.17, 15) is 9.18 Å². The number of aromatic amines is 1. The quantitative estimate of drug-likeness (QED) is 0.895. The van der Waals surface area contributed by atoms with Crippen molar-refractivity contribution < 1.29 is 9.18 Å². The number of carbonyl (C=O) groups is 1. The molecule has 0 spiro atoms. The molecule has 1 aliphatic heterocycles. The lowest BCUT2D eigenvalue weighted by atomic mass is 10.1. The molecule has 5 heteroatoms. The van der Waals surface area contributed by atoms with Gasteiger partial charge < -0.3 is 15.2 Å². The summed E-state index contributed by atoms with van der Waals surface area (Å²) in [5, 5.41) is 4.18. The van der Waals surface area contributed by atoms with Crippen molar-refractivity contribution in [2.45, 2.75) is 18.9 Å². The van der Waals surface area contributed by atoms with E-state index in [4.69, 9.17) is 0 Å². The van der Waals surface area contributed by atoms with Crippen LogP contribution in [0.1, 0.15) is 12.0 Å². The molecule has 2 N–H and O–H groups in total. The standard InChI is InChI=1S/C15H18FN3O/c1-19(12-4-5-17-9-12)15(20)6-10-8-18-14-7-11(16)2-3-13(10)14/h2-3,7-8,12,17-18H,4-6,9H2,1H3. The number of halogens is 1. The maximum atomic E-state index is 13.1. The molecule has 1 atom stereocenters. The second-order valence-corrected chi connectivity index (χ2v) is 5.33. The first kappa shape index (κ1) is 13.1. The highest BCUT2D eigenvalue weighted by molar-refractivity contribution is 5.89. The molecule has 1 fully saturated rings. The Bertz CT molecular complexity index is 631. The molecule has 4 nitrogen and oxygen atoms in total. The van der Waals surface area contributed by atoms with Crippen molar-refractivity contribution >= 4 is 16.8 Å². The van der Waals surface area contributed by atoms with Crippen LogP contribution in [0.15, 0.2) is 24.4 Å². The van der Waals surface area contributed by atoms with Gasteiger partial charge >= 0.3 is 0 Å². The Kier molecular flexibility index (Phi) is 3.44. The van der Waals surface area contributed by atoms with Crippen LogP contribution >= 0.6 is 0 Å². The molecule has 0 saturated carbocycles. The molecule has 3 rings (SSSR count). The highest BCUT2D eigenvalue weighted by Crippen LogP contribution is 2.20. The van der Waals surface area contributed by atoms with Crippen LogP contribution in [0, 0.1) is 5.82 Å². The highest BCUT2D eigenvalue weighted by atomic mass is 19.1. The largest absolute Gasteiger partial charge is 0.361 e. The van der Waals surface area contributed by atoms with Crippen LogP contribution in [-0.4, -0.2) is 42.0 Å². The monoisotopic (exact) mass is 275 g/mol. The van der Waals surface area contributed by atoms with Gasteiger partial charge in [-0.3, -0.25) is 4.79 Å². The number of hydrogen-bond acceptors (Lipinski definition) is 2. The number of hydrogen-bond donors (Lipinski definition) is 2. The zero-order valence-corrected chi connectivity index (χ0v) is 11.4. The van der Waals surface area contributed by atoms with Crippen molar-refractivity contribution in [3.63, 3.8) is 0 Å². The predicted octanol–water partition coefficient (Wildman–Crippen LogP) is 1.67. The number of amides is 1. The zero-order valence-electron chi connectivity index (χ0n) is 11.4. The third-order valence-corrected chi connectivity index (χ3v) is 4.05. The molecule has 0 bridgehead atoms. The van der Waals surface area contributed by atoms with E-state index in [2.05, 4.69) is 10.3 Å². The number of H-pyrrole nitrogens is 1. The van der Waals surface area contributed by atoms with Gasteiger partial charge in [0.2, 0.25) is 5.91 Å². The maximum absolute atomic E-state index is 13.1. The van der Waals surface area contributed by atoms with E-state index in [-0.39, 0.29) is 17.8 Å². The molecule has 1 amide bonds. The van der Waals surface area contributed by atoms with Crippen LogP contribution in [0.3, 0.4) is 0 Å². The lowest BCUT2D eigenvalue weighted by molar-refractivity contribution is -0.130. The van der Waals surface area contributed by atoms with Crippen LogP contribution in [0.2, 0.25) is 0 Å². The molecule has 1 aliphatic rings. The van der Waals surface area contributed by atoms with E-state index in [1.165, 1.54) is 12.1 Å². The molecule has 20 heavy (non-hydrogen) atoms. The van der Waals surface area contributed by atoms with E-state index in [0.29, 0.717) is 6.42 Å². The number of fused-ring (bicyclic) bond motifs is 1. The summed E-state index contributed by atoms with van der Waals surface area (Å²) in [7, 11) is 1.86. The van der Waals surface area contributed by atoms with Gasteiger partial charge in [0, 0.05) is 36.7 Å². The van der Waals surface area contributed by atoms with Crippen molar-refractivity contribution in [2.24, 2.45) is 0 Å². The fraction of sp³-hybridized carbons (Fsp3) is 0.400. The summed E-state index contributed by atoms with van der Waals surface area (Å²) in [5.74, 6) is -0.171. The second kappa shape index (κ2) is 5.25. The molecule has 0 aliphatic carbocycles. The Morgan fingerprint density at radius 1 is 1.50 bits per heavy atom. The number of rotatable bonds is 3. The topological polar surface area (TPSA) is 48.1 Å². The molecule has 1 unspecified atom stereocenters. The van der Waals surface area contributed by atoms with Crippen molar-refractivity contribution in [1.82, 2.24) is 15.2 Å². The molecule has 1 aromatic carbocycles. The van der Waals surface area contributed by atoms with Gasteiger partial charge in [0.1, 0.15) is 5.82 Å². The second-order valence-electron chi connectivity index (χ2n) is 5.33. The van der Waals surface area contributed by atoms with Gasteiger partial charge in [-0.1, -0.05) is 0 Å². The fourth-order valence-corrected chi connectivity index (χ4v) is 2.77. The third-order valence-electron chi connectivity index (χ3n) is 4.05. The minimum Gasteiger partial charge on any atom is -0.361 e. The normalized spacial score (nSPS) is 18.6. The maximum Gasteiger partial charge on any atom is 0.227 e. The first-order chi connectivity index (χ1) is 9.65. The molecule has 0 radical (unpaired) electrons. The van der Waals surface area contributed by atoms with Crippen molar-refractivity contribution in [3.8, 4) is 0 Å². The summed E-state index contributed by atoms with van der Waals surface area (Å²) in [5.41, 5.74) is 1.65. The predicted molar refractivity (Wildman–Crippen MR) is 76.0 cm³/mol. The summed E-state index contributed by atoms with van der Waals surface area (Å²) in [6.07, 6.45) is 3.14. The molecular formula is C15H18FN3O. The van der Waals surface area contributed by atoms with Gasteiger partial charge in [-0.15, -0.1) is 0 Å². The van der Waals surface area contributed by atoms with Crippen molar-refractivity contribution in [1.29, 1.82) is 0 Å². The number of nitrogens with one attached hydrogen (secondary N) is 2. The molecule has 1 saturated heterocycles. The third kappa shape index (κ3) is 2.41. The van der Waals surface area contributed by atoms with Gasteiger partial charge in [0.05, 0.1) is 6.42 Å². The van der Waals surface area contributed by atoms with Crippen LogP contribution in [-0.2, 0) is 11.2 Å². The Morgan fingerprint density at radius 2 is 2.35 bits per heavy atom. The van der Waals surface area contributed by atoms with Crippen LogP contribution in [0.5, 0.6) is 0 Å². The minimum atomic E-state index is -0.272. The van der Waals surface area contributed by atoms with Crippen LogP contribution in [0.25, 0.3) is 10.9 Å². The summed E-state index contributed by atoms with van der Waals surface area (Å²) >= 11 is 0. The first-order valence-electron chi connectivity index (χ1n) is 6.87. The van der Waals surface area contributed by atoms with E-state index in [1.54, 1.807) is 12.3 Å². The van der Waals surface area contributed by atoms with Crippen LogP contribution in [0.4, 0.5) is 4.39 Å². The Hall–Kier alpha value is -1.88. The smallest absolute Gasteiger partial charge is 0.227 e. The van der Waals surface area contributed by atoms with Crippen molar-refractivity contribution in [3.05, 3.63) is 35.8 Å². The Morgan fingerprint density at radius 3 is 3.10 bits per heavy atom. The number of carbonyl (C=O) groups excluding carboxylic acids is 1. The first-order valence-corrected chi connectivity index (χ1v) is 6.87. The summed E-state index contributed by atoms with van der Waals surface area (Å²) < 4.78 is 13.1. The fourth-order valence-electron chi connectivity index (χ4n) is 2.77. The number of likely N-dealkylation sites (N-methyl/N-ethyl adjacent to an activating group) is 1. The van der Waals surface area contributed by atoms with Gasteiger partial charge in [-0.05, 0) is 36.7 Å². The van der Waals surface area contributed by atoms with Crippen molar-refractivity contribution in [2.75, 3.05) is 20.1 Å². The van der Waals surface area contributed by atoms with Gasteiger partial charge in [-0.2, -0.15) is 0 Å². The summed E-state index contributed by atoms with van der Waals surface area (Å²) in [6.45, 7) is 1.83. The Balaban J connectivity index is 1.77. The summed E-state index contributed by atoms with van der Waals surface area (Å²) in [4.78, 5) is 17.2.